The minimum Gasteiger partial charge on any atom is -0.469 e. The average molecular weight is 326 g/mol. The molecule has 122 valence electrons. The number of hydrogen-bond donors (Lipinski definition) is 1. The summed E-state index contributed by atoms with van der Waals surface area (Å²) in [5.41, 5.74) is 1.03. The van der Waals surface area contributed by atoms with Crippen molar-refractivity contribution in [3.8, 4) is 0 Å². The summed E-state index contributed by atoms with van der Waals surface area (Å²) < 4.78 is 30.5. The number of fused-ring (bicyclic) bond motifs is 1. The fraction of sp³-hybridized carbons (Fsp3) is 0.667. The van der Waals surface area contributed by atoms with Gasteiger partial charge in [0.1, 0.15) is 11.8 Å². The van der Waals surface area contributed by atoms with E-state index in [0.717, 1.165) is 43.4 Å². The Kier molecular flexibility index (Phi) is 4.27. The molecule has 1 fully saturated rings. The molecule has 6 nitrogen and oxygen atoms in total. The van der Waals surface area contributed by atoms with Gasteiger partial charge in [-0.05, 0) is 31.7 Å². The van der Waals surface area contributed by atoms with Gasteiger partial charge in [0.15, 0.2) is 0 Å². The monoisotopic (exact) mass is 326 g/mol. The first-order chi connectivity index (χ1) is 10.5. The van der Waals surface area contributed by atoms with Crippen LogP contribution in [0.2, 0.25) is 0 Å². The number of piperidine rings is 1. The second-order valence-corrected chi connectivity index (χ2v) is 8.07. The Morgan fingerprint density at radius 3 is 2.91 bits per heavy atom. The molecule has 1 aliphatic heterocycles. The molecule has 0 radical (unpaired) electrons. The Labute approximate surface area is 130 Å². The minimum atomic E-state index is -3.36. The molecule has 2 aliphatic rings. The van der Waals surface area contributed by atoms with Crippen LogP contribution in [0.5, 0.6) is 0 Å². The Hall–Kier alpha value is -1.34. The smallest absolute Gasteiger partial charge is 0.238 e. The molecule has 2 heterocycles. The molecular formula is C15H22N2O4S. The first-order valence-corrected chi connectivity index (χ1v) is 9.65. The van der Waals surface area contributed by atoms with E-state index in [1.165, 1.54) is 10.6 Å². The average Bonchev–Trinajstić information content (AvgIpc) is 2.96. The lowest BCUT2D eigenvalue weighted by Gasteiger charge is -2.34. The second-order valence-electron chi connectivity index (χ2n) is 6.14. The summed E-state index contributed by atoms with van der Waals surface area (Å²) in [5.74, 6) is 0.740. The number of aryl methyl sites for hydroxylation is 1. The van der Waals surface area contributed by atoms with Crippen molar-refractivity contribution < 1.29 is 17.6 Å². The molecule has 1 N–H and O–H groups in total. The van der Waals surface area contributed by atoms with Crippen LogP contribution in [-0.2, 0) is 21.2 Å². The number of amides is 1. The van der Waals surface area contributed by atoms with E-state index >= 15 is 0 Å². The standard InChI is InChI=1S/C15H22N2O4S/c1-22(19,20)17-9-3-2-6-13(17)15(18)16-12-5-4-7-14-11(12)8-10-21-14/h8,10,12-13H,2-7,9H2,1H3,(H,16,18). The van der Waals surface area contributed by atoms with Crippen LogP contribution in [0.1, 0.15) is 49.5 Å². The first-order valence-electron chi connectivity index (χ1n) is 7.80. The summed E-state index contributed by atoms with van der Waals surface area (Å²) in [6.07, 6.45) is 7.83. The molecule has 0 spiro atoms. The van der Waals surface area contributed by atoms with Crippen LogP contribution in [0, 0.1) is 0 Å². The zero-order chi connectivity index (χ0) is 15.7. The Morgan fingerprint density at radius 1 is 1.32 bits per heavy atom. The van der Waals surface area contributed by atoms with E-state index in [1.807, 2.05) is 6.07 Å². The summed E-state index contributed by atoms with van der Waals surface area (Å²) in [6, 6.07) is 1.24. The molecule has 3 rings (SSSR count). The maximum Gasteiger partial charge on any atom is 0.238 e. The predicted molar refractivity (Wildman–Crippen MR) is 81.7 cm³/mol. The van der Waals surface area contributed by atoms with Crippen LogP contribution in [0.3, 0.4) is 0 Å². The third-order valence-corrected chi connectivity index (χ3v) is 5.84. The molecule has 2 atom stereocenters. The minimum absolute atomic E-state index is 0.0710. The number of carbonyl (C=O) groups excluding carboxylic acids is 1. The predicted octanol–water partition coefficient (Wildman–Crippen LogP) is 1.59. The molecule has 1 aliphatic carbocycles. The Bertz CT molecular complexity index is 652. The summed E-state index contributed by atoms with van der Waals surface area (Å²) in [7, 11) is -3.36. The summed E-state index contributed by atoms with van der Waals surface area (Å²) in [6.45, 7) is 0.429. The zero-order valence-corrected chi connectivity index (χ0v) is 13.6. The van der Waals surface area contributed by atoms with Gasteiger partial charge in [0, 0.05) is 18.5 Å². The van der Waals surface area contributed by atoms with Crippen LogP contribution < -0.4 is 5.32 Å². The number of sulfonamides is 1. The van der Waals surface area contributed by atoms with Gasteiger partial charge in [-0.2, -0.15) is 4.31 Å². The fourth-order valence-corrected chi connectivity index (χ4v) is 4.59. The lowest BCUT2D eigenvalue weighted by Crippen LogP contribution is -2.52. The zero-order valence-electron chi connectivity index (χ0n) is 12.7. The molecule has 1 amide bonds. The van der Waals surface area contributed by atoms with Gasteiger partial charge in [0.2, 0.25) is 15.9 Å². The number of hydrogen-bond acceptors (Lipinski definition) is 4. The summed E-state index contributed by atoms with van der Waals surface area (Å²) >= 11 is 0. The van der Waals surface area contributed by atoms with Gasteiger partial charge in [0.25, 0.3) is 0 Å². The highest BCUT2D eigenvalue weighted by atomic mass is 32.2. The van der Waals surface area contributed by atoms with Crippen molar-refractivity contribution in [1.82, 2.24) is 9.62 Å². The third kappa shape index (κ3) is 3.05. The van der Waals surface area contributed by atoms with Gasteiger partial charge >= 0.3 is 0 Å². The molecule has 0 aromatic carbocycles. The van der Waals surface area contributed by atoms with Gasteiger partial charge < -0.3 is 9.73 Å². The highest BCUT2D eigenvalue weighted by Gasteiger charge is 2.36. The van der Waals surface area contributed by atoms with Crippen molar-refractivity contribution in [1.29, 1.82) is 0 Å². The maximum absolute atomic E-state index is 12.6. The van der Waals surface area contributed by atoms with Crippen LogP contribution in [-0.4, -0.2) is 37.5 Å². The number of nitrogens with zero attached hydrogens (tertiary/aromatic N) is 1. The lowest BCUT2D eigenvalue weighted by molar-refractivity contribution is -0.126. The van der Waals surface area contributed by atoms with E-state index in [4.69, 9.17) is 4.42 Å². The number of rotatable bonds is 3. The van der Waals surface area contributed by atoms with E-state index in [1.54, 1.807) is 6.26 Å². The lowest BCUT2D eigenvalue weighted by atomic mass is 9.93. The van der Waals surface area contributed by atoms with Crippen molar-refractivity contribution in [2.75, 3.05) is 12.8 Å². The molecule has 0 bridgehead atoms. The molecule has 7 heteroatoms. The van der Waals surface area contributed by atoms with Crippen molar-refractivity contribution in [2.45, 2.75) is 50.6 Å². The number of furan rings is 1. The largest absolute Gasteiger partial charge is 0.469 e. The molecule has 0 saturated carbocycles. The van der Waals surface area contributed by atoms with Crippen LogP contribution >= 0.6 is 0 Å². The van der Waals surface area contributed by atoms with Crippen molar-refractivity contribution in [3.05, 3.63) is 23.7 Å². The van der Waals surface area contributed by atoms with Gasteiger partial charge in [-0.1, -0.05) is 6.42 Å². The molecule has 1 saturated heterocycles. The van der Waals surface area contributed by atoms with Gasteiger partial charge in [-0.15, -0.1) is 0 Å². The number of carbonyl (C=O) groups is 1. The number of nitrogens with one attached hydrogen (secondary N) is 1. The SMILES string of the molecule is CS(=O)(=O)N1CCCCC1C(=O)NC1CCCc2occc21. The summed E-state index contributed by atoms with van der Waals surface area (Å²) in [4.78, 5) is 12.6. The Balaban J connectivity index is 1.74. The van der Waals surface area contributed by atoms with Gasteiger partial charge in [-0.25, -0.2) is 8.42 Å². The van der Waals surface area contributed by atoms with E-state index in [-0.39, 0.29) is 11.9 Å². The highest BCUT2D eigenvalue weighted by molar-refractivity contribution is 7.88. The molecule has 2 unspecified atom stereocenters. The fourth-order valence-electron chi connectivity index (χ4n) is 3.47. The van der Waals surface area contributed by atoms with Crippen LogP contribution in [0.4, 0.5) is 0 Å². The highest BCUT2D eigenvalue weighted by Crippen LogP contribution is 2.31. The second kappa shape index (κ2) is 6.04. The Morgan fingerprint density at radius 2 is 2.14 bits per heavy atom. The quantitative estimate of drug-likeness (QED) is 0.915. The normalized spacial score (nSPS) is 26.4. The first kappa shape index (κ1) is 15.6. The van der Waals surface area contributed by atoms with E-state index < -0.39 is 16.1 Å². The van der Waals surface area contributed by atoms with E-state index in [9.17, 15) is 13.2 Å². The molecule has 22 heavy (non-hydrogen) atoms. The van der Waals surface area contributed by atoms with E-state index in [2.05, 4.69) is 5.32 Å². The maximum atomic E-state index is 12.6. The van der Waals surface area contributed by atoms with E-state index in [0.29, 0.717) is 13.0 Å². The van der Waals surface area contributed by atoms with Crippen molar-refractivity contribution in [2.24, 2.45) is 0 Å². The van der Waals surface area contributed by atoms with Crippen molar-refractivity contribution in [3.63, 3.8) is 0 Å². The topological polar surface area (TPSA) is 79.6 Å². The molecule has 1 aromatic rings. The summed E-state index contributed by atoms with van der Waals surface area (Å²) in [5, 5.41) is 3.03. The van der Waals surface area contributed by atoms with Crippen molar-refractivity contribution >= 4 is 15.9 Å². The molecule has 1 aromatic heterocycles. The molecular weight excluding hydrogens is 304 g/mol. The third-order valence-electron chi connectivity index (χ3n) is 4.55. The van der Waals surface area contributed by atoms with Crippen LogP contribution in [0.25, 0.3) is 0 Å². The van der Waals surface area contributed by atoms with Gasteiger partial charge in [0.05, 0.1) is 18.6 Å². The van der Waals surface area contributed by atoms with Crippen LogP contribution in [0.15, 0.2) is 16.7 Å². The van der Waals surface area contributed by atoms with Gasteiger partial charge in [-0.3, -0.25) is 4.79 Å².